The Bertz CT molecular complexity index is 626. The molecule has 0 spiro atoms. The van der Waals surface area contributed by atoms with E-state index in [1.54, 1.807) is 13.2 Å². The number of amides is 1. The topological polar surface area (TPSA) is 83.5 Å². The van der Waals surface area contributed by atoms with E-state index in [1.807, 2.05) is 18.7 Å². The number of hydrogen-bond donors (Lipinski definition) is 0. The standard InChI is InChI=1S/C14H22N4O3S/c1-4-18(5-2)13-9-15-12(8-16-13)14(19)17(3)11-6-7-22(20,21)10-11/h8-9,11H,4-7,10H2,1-3H3. The summed E-state index contributed by atoms with van der Waals surface area (Å²) in [5.74, 6) is 0.607. The molecule has 0 bridgehead atoms. The minimum atomic E-state index is -3.02. The summed E-state index contributed by atoms with van der Waals surface area (Å²) in [6.07, 6.45) is 3.52. The van der Waals surface area contributed by atoms with Crippen LogP contribution in [0.4, 0.5) is 5.82 Å². The van der Waals surface area contributed by atoms with Gasteiger partial charge < -0.3 is 9.80 Å². The Morgan fingerprint density at radius 2 is 1.95 bits per heavy atom. The summed E-state index contributed by atoms with van der Waals surface area (Å²) in [5.41, 5.74) is 0.239. The van der Waals surface area contributed by atoms with Gasteiger partial charge in [0.1, 0.15) is 11.5 Å². The number of nitrogens with zero attached hydrogens (tertiary/aromatic N) is 4. The number of carbonyl (C=O) groups is 1. The van der Waals surface area contributed by atoms with Crippen LogP contribution in [0, 0.1) is 0 Å². The molecular formula is C14H22N4O3S. The number of sulfone groups is 1. The summed E-state index contributed by atoms with van der Waals surface area (Å²) in [6, 6.07) is -0.276. The highest BCUT2D eigenvalue weighted by Gasteiger charge is 2.33. The third kappa shape index (κ3) is 3.55. The SMILES string of the molecule is CCN(CC)c1cnc(C(=O)N(C)C2CCS(=O)(=O)C2)cn1. The summed E-state index contributed by atoms with van der Waals surface area (Å²) in [4.78, 5) is 24.3. The highest BCUT2D eigenvalue weighted by molar-refractivity contribution is 7.91. The lowest BCUT2D eigenvalue weighted by molar-refractivity contribution is 0.0741. The number of hydrogen-bond acceptors (Lipinski definition) is 6. The molecular weight excluding hydrogens is 304 g/mol. The van der Waals surface area contributed by atoms with Gasteiger partial charge >= 0.3 is 0 Å². The summed E-state index contributed by atoms with van der Waals surface area (Å²) in [5, 5.41) is 0. The molecule has 1 fully saturated rings. The first-order valence-electron chi connectivity index (χ1n) is 7.42. The fraction of sp³-hybridized carbons (Fsp3) is 0.643. The number of rotatable bonds is 5. The molecule has 1 aliphatic heterocycles. The monoisotopic (exact) mass is 326 g/mol. The van der Waals surface area contributed by atoms with Gasteiger partial charge in [0.2, 0.25) is 0 Å². The maximum atomic E-state index is 12.4. The molecule has 122 valence electrons. The van der Waals surface area contributed by atoms with Crippen LogP contribution in [0.15, 0.2) is 12.4 Å². The molecule has 1 aromatic rings. The minimum absolute atomic E-state index is 0.0280. The second kappa shape index (κ2) is 6.60. The van der Waals surface area contributed by atoms with Crippen molar-refractivity contribution in [2.24, 2.45) is 0 Å². The van der Waals surface area contributed by atoms with Gasteiger partial charge in [0.25, 0.3) is 5.91 Å². The normalized spacial score (nSPS) is 19.9. The van der Waals surface area contributed by atoms with Gasteiger partial charge in [-0.1, -0.05) is 0 Å². The fourth-order valence-corrected chi connectivity index (χ4v) is 4.34. The van der Waals surface area contributed by atoms with Crippen molar-refractivity contribution in [1.29, 1.82) is 0 Å². The van der Waals surface area contributed by atoms with Crippen LogP contribution in [0.5, 0.6) is 0 Å². The van der Waals surface area contributed by atoms with Crippen molar-refractivity contribution in [2.45, 2.75) is 26.3 Å². The minimum Gasteiger partial charge on any atom is -0.356 e. The summed E-state index contributed by atoms with van der Waals surface area (Å²) >= 11 is 0. The maximum absolute atomic E-state index is 12.4. The third-order valence-corrected chi connectivity index (χ3v) is 5.77. The van der Waals surface area contributed by atoms with Crippen LogP contribution in [-0.4, -0.2) is 66.9 Å². The van der Waals surface area contributed by atoms with Crippen LogP contribution in [0.1, 0.15) is 30.8 Å². The smallest absolute Gasteiger partial charge is 0.274 e. The van der Waals surface area contributed by atoms with E-state index in [9.17, 15) is 13.2 Å². The van der Waals surface area contributed by atoms with Gasteiger partial charge in [0.15, 0.2) is 9.84 Å². The first-order chi connectivity index (χ1) is 10.4. The molecule has 1 atom stereocenters. The van der Waals surface area contributed by atoms with E-state index in [0.29, 0.717) is 6.42 Å². The van der Waals surface area contributed by atoms with E-state index in [-0.39, 0.29) is 29.1 Å². The quantitative estimate of drug-likeness (QED) is 0.787. The molecule has 2 rings (SSSR count). The molecule has 0 N–H and O–H groups in total. The molecule has 0 aromatic carbocycles. The number of carbonyl (C=O) groups excluding carboxylic acids is 1. The van der Waals surface area contributed by atoms with E-state index >= 15 is 0 Å². The van der Waals surface area contributed by atoms with E-state index in [2.05, 4.69) is 9.97 Å². The van der Waals surface area contributed by atoms with Crippen molar-refractivity contribution in [1.82, 2.24) is 14.9 Å². The van der Waals surface area contributed by atoms with Crippen molar-refractivity contribution in [3.05, 3.63) is 18.1 Å². The Kier molecular flexibility index (Phi) is 5.00. The summed E-state index contributed by atoms with van der Waals surface area (Å²) in [6.45, 7) is 5.69. The molecule has 1 aromatic heterocycles. The highest BCUT2D eigenvalue weighted by Crippen LogP contribution is 2.18. The zero-order valence-corrected chi connectivity index (χ0v) is 14.0. The largest absolute Gasteiger partial charge is 0.356 e. The molecule has 0 saturated carbocycles. The van der Waals surface area contributed by atoms with Crippen molar-refractivity contribution in [3.63, 3.8) is 0 Å². The number of anilines is 1. The molecule has 1 amide bonds. The van der Waals surface area contributed by atoms with Crippen LogP contribution in [0.25, 0.3) is 0 Å². The molecule has 1 aliphatic rings. The lowest BCUT2D eigenvalue weighted by Gasteiger charge is -2.23. The Morgan fingerprint density at radius 3 is 2.41 bits per heavy atom. The van der Waals surface area contributed by atoms with E-state index in [1.165, 1.54) is 11.1 Å². The van der Waals surface area contributed by atoms with E-state index in [0.717, 1.165) is 18.9 Å². The molecule has 2 heterocycles. The van der Waals surface area contributed by atoms with Crippen LogP contribution in [0.2, 0.25) is 0 Å². The fourth-order valence-electron chi connectivity index (χ4n) is 2.57. The van der Waals surface area contributed by atoms with Crippen LogP contribution < -0.4 is 4.90 Å². The Balaban J connectivity index is 2.09. The Morgan fingerprint density at radius 1 is 1.27 bits per heavy atom. The molecule has 0 radical (unpaired) electrons. The Hall–Kier alpha value is -1.70. The van der Waals surface area contributed by atoms with Gasteiger partial charge in [-0.25, -0.2) is 18.4 Å². The zero-order chi connectivity index (χ0) is 16.3. The molecule has 1 saturated heterocycles. The first-order valence-corrected chi connectivity index (χ1v) is 9.24. The van der Waals surface area contributed by atoms with Crippen LogP contribution in [0.3, 0.4) is 0 Å². The van der Waals surface area contributed by atoms with Gasteiger partial charge in [-0.2, -0.15) is 0 Å². The van der Waals surface area contributed by atoms with Crippen molar-refractivity contribution < 1.29 is 13.2 Å². The first kappa shape index (κ1) is 16.7. The van der Waals surface area contributed by atoms with Crippen molar-refractivity contribution in [2.75, 3.05) is 36.5 Å². The van der Waals surface area contributed by atoms with Crippen molar-refractivity contribution in [3.8, 4) is 0 Å². The molecule has 22 heavy (non-hydrogen) atoms. The lowest BCUT2D eigenvalue weighted by Crippen LogP contribution is -2.38. The van der Waals surface area contributed by atoms with Gasteiger partial charge in [-0.05, 0) is 20.3 Å². The van der Waals surface area contributed by atoms with Gasteiger partial charge in [0, 0.05) is 26.2 Å². The van der Waals surface area contributed by atoms with Gasteiger partial charge in [0.05, 0.1) is 23.9 Å². The average molecular weight is 326 g/mol. The average Bonchev–Trinajstić information content (AvgIpc) is 2.88. The second-order valence-electron chi connectivity index (χ2n) is 5.41. The second-order valence-corrected chi connectivity index (χ2v) is 7.63. The summed E-state index contributed by atoms with van der Waals surface area (Å²) < 4.78 is 23.0. The molecule has 0 aliphatic carbocycles. The van der Waals surface area contributed by atoms with Gasteiger partial charge in [-0.15, -0.1) is 0 Å². The predicted octanol–water partition coefficient (Wildman–Crippen LogP) is 0.582. The predicted molar refractivity (Wildman–Crippen MR) is 84.7 cm³/mol. The number of aromatic nitrogens is 2. The molecule has 7 nitrogen and oxygen atoms in total. The maximum Gasteiger partial charge on any atom is 0.274 e. The van der Waals surface area contributed by atoms with Crippen molar-refractivity contribution >= 4 is 21.6 Å². The highest BCUT2D eigenvalue weighted by atomic mass is 32.2. The summed E-state index contributed by atoms with van der Waals surface area (Å²) in [7, 11) is -1.40. The van der Waals surface area contributed by atoms with Crippen LogP contribution >= 0.6 is 0 Å². The molecule has 1 unspecified atom stereocenters. The van der Waals surface area contributed by atoms with E-state index in [4.69, 9.17) is 0 Å². The third-order valence-electron chi connectivity index (χ3n) is 4.02. The molecule has 8 heteroatoms. The Labute approximate surface area is 131 Å². The van der Waals surface area contributed by atoms with Gasteiger partial charge in [-0.3, -0.25) is 4.79 Å². The zero-order valence-electron chi connectivity index (χ0n) is 13.2. The lowest BCUT2D eigenvalue weighted by atomic mass is 10.2. The van der Waals surface area contributed by atoms with E-state index < -0.39 is 9.84 Å². The van der Waals surface area contributed by atoms with Crippen LogP contribution in [-0.2, 0) is 9.84 Å².